The highest BCUT2D eigenvalue weighted by atomic mass is 16.2. The molecular weight excluding hydrogens is 404 g/mol. The number of rotatable bonds is 20. The molecule has 1 atom stereocenters. The maximum atomic E-state index is 12.8. The average Bonchev–Trinajstić information content (AvgIpc) is 2.75. The maximum absolute atomic E-state index is 12.8. The molecule has 0 radical (unpaired) electrons. The van der Waals surface area contributed by atoms with Crippen LogP contribution >= 0.6 is 0 Å². The molecule has 0 aromatic rings. The van der Waals surface area contributed by atoms with Crippen LogP contribution in [-0.2, 0) is 14.4 Å². The van der Waals surface area contributed by atoms with Crippen LogP contribution in [0, 0.1) is 5.92 Å². The topological polar surface area (TPSA) is 105 Å². The molecule has 0 bridgehead atoms. The van der Waals surface area contributed by atoms with Gasteiger partial charge in [0.2, 0.25) is 17.7 Å². The molecule has 0 heterocycles. The van der Waals surface area contributed by atoms with Crippen LogP contribution in [0.1, 0.15) is 105 Å². The molecule has 188 valence electrons. The Kier molecular flexibility index (Phi) is 19.0. The van der Waals surface area contributed by atoms with Gasteiger partial charge in [-0.3, -0.25) is 14.4 Å². The van der Waals surface area contributed by atoms with Crippen LogP contribution in [0.15, 0.2) is 0 Å². The van der Waals surface area contributed by atoms with Crippen LogP contribution in [0.25, 0.3) is 0 Å². The van der Waals surface area contributed by atoms with Crippen molar-refractivity contribution in [1.82, 2.24) is 15.5 Å². The van der Waals surface area contributed by atoms with Crippen LogP contribution in [0.3, 0.4) is 0 Å². The number of amides is 3. The number of carbonyl (C=O) groups is 3. The van der Waals surface area contributed by atoms with E-state index < -0.39 is 6.04 Å². The molecular formula is C25H50N4O3. The fourth-order valence-electron chi connectivity index (χ4n) is 3.43. The standard InChI is InChI=1S/C25H50N4O3/c1-5-6-7-8-9-10-11-12-13-16-23(30)29(19-14-17-27-24(31)21(2)3)20-15-18-28-25(32)22(4)26/h21-22H,5-20,26H2,1-4H3,(H,27,31)(H,28,32)/t22-/m0/s1. The van der Waals surface area contributed by atoms with Crippen LogP contribution in [0.2, 0.25) is 0 Å². The Bertz CT molecular complexity index is 481. The molecule has 7 heteroatoms. The largest absolute Gasteiger partial charge is 0.356 e. The lowest BCUT2D eigenvalue weighted by molar-refractivity contribution is -0.131. The monoisotopic (exact) mass is 454 g/mol. The SMILES string of the molecule is CCCCCCCCCCCC(=O)N(CCCNC(=O)C(C)C)CCCNC(=O)[C@H](C)N. The Morgan fingerprint density at radius 2 is 1.19 bits per heavy atom. The van der Waals surface area contributed by atoms with Crippen molar-refractivity contribution in [2.45, 2.75) is 111 Å². The number of unbranched alkanes of at least 4 members (excludes halogenated alkanes) is 8. The lowest BCUT2D eigenvalue weighted by Crippen LogP contribution is -2.40. The summed E-state index contributed by atoms with van der Waals surface area (Å²) in [5.74, 6) is -0.000245. The highest BCUT2D eigenvalue weighted by Gasteiger charge is 2.14. The molecule has 0 fully saturated rings. The zero-order chi connectivity index (χ0) is 24.2. The van der Waals surface area contributed by atoms with Gasteiger partial charge in [0.05, 0.1) is 6.04 Å². The summed E-state index contributed by atoms with van der Waals surface area (Å²) in [7, 11) is 0. The van der Waals surface area contributed by atoms with Gasteiger partial charge in [-0.05, 0) is 26.2 Å². The van der Waals surface area contributed by atoms with Gasteiger partial charge < -0.3 is 21.3 Å². The van der Waals surface area contributed by atoms with Gasteiger partial charge in [-0.25, -0.2) is 0 Å². The number of hydrogen-bond donors (Lipinski definition) is 3. The second kappa shape index (κ2) is 20.0. The summed E-state index contributed by atoms with van der Waals surface area (Å²) in [6.45, 7) is 9.93. The van der Waals surface area contributed by atoms with Gasteiger partial charge in [0.1, 0.15) is 0 Å². The molecule has 0 unspecified atom stereocenters. The average molecular weight is 455 g/mol. The van der Waals surface area contributed by atoms with Crippen molar-refractivity contribution in [2.24, 2.45) is 11.7 Å². The Labute approximate surface area is 196 Å². The van der Waals surface area contributed by atoms with Crippen LogP contribution < -0.4 is 16.4 Å². The molecule has 0 aliphatic rings. The van der Waals surface area contributed by atoms with E-state index >= 15 is 0 Å². The van der Waals surface area contributed by atoms with Gasteiger partial charge in [0.15, 0.2) is 0 Å². The third kappa shape index (κ3) is 17.0. The van der Waals surface area contributed by atoms with Crippen LogP contribution in [0.4, 0.5) is 0 Å². The molecule has 0 rings (SSSR count). The fourth-order valence-corrected chi connectivity index (χ4v) is 3.43. The van der Waals surface area contributed by atoms with E-state index in [1.165, 1.54) is 44.9 Å². The van der Waals surface area contributed by atoms with E-state index in [9.17, 15) is 14.4 Å². The van der Waals surface area contributed by atoms with E-state index in [2.05, 4.69) is 17.6 Å². The first-order valence-electron chi connectivity index (χ1n) is 12.9. The van der Waals surface area contributed by atoms with Crippen molar-refractivity contribution in [1.29, 1.82) is 0 Å². The van der Waals surface area contributed by atoms with E-state index in [-0.39, 0.29) is 23.6 Å². The first kappa shape index (κ1) is 30.4. The fraction of sp³-hybridized carbons (Fsp3) is 0.880. The van der Waals surface area contributed by atoms with Crippen molar-refractivity contribution in [3.63, 3.8) is 0 Å². The summed E-state index contributed by atoms with van der Waals surface area (Å²) in [5.41, 5.74) is 5.56. The van der Waals surface area contributed by atoms with E-state index in [4.69, 9.17) is 5.73 Å². The normalized spacial score (nSPS) is 11.9. The molecule has 3 amide bonds. The smallest absolute Gasteiger partial charge is 0.236 e. The van der Waals surface area contributed by atoms with Gasteiger partial charge in [-0.1, -0.05) is 72.1 Å². The van der Waals surface area contributed by atoms with E-state index in [0.29, 0.717) is 39.0 Å². The van der Waals surface area contributed by atoms with Crippen molar-refractivity contribution in [2.75, 3.05) is 26.2 Å². The minimum atomic E-state index is -0.524. The maximum Gasteiger partial charge on any atom is 0.236 e. The predicted octanol–water partition coefficient (Wildman–Crippen LogP) is 3.75. The van der Waals surface area contributed by atoms with Crippen molar-refractivity contribution >= 4 is 17.7 Å². The van der Waals surface area contributed by atoms with Crippen LogP contribution in [0.5, 0.6) is 0 Å². The molecule has 0 aromatic carbocycles. The quantitative estimate of drug-likeness (QED) is 0.244. The third-order valence-corrected chi connectivity index (χ3v) is 5.59. The lowest BCUT2D eigenvalue weighted by atomic mass is 10.1. The molecule has 0 spiro atoms. The van der Waals surface area contributed by atoms with E-state index in [0.717, 1.165) is 19.3 Å². The number of hydrogen-bond acceptors (Lipinski definition) is 4. The summed E-state index contributed by atoms with van der Waals surface area (Å²) in [6, 6.07) is -0.524. The summed E-state index contributed by atoms with van der Waals surface area (Å²) in [4.78, 5) is 37.9. The molecule has 0 aliphatic carbocycles. The van der Waals surface area contributed by atoms with Gasteiger partial charge in [-0.15, -0.1) is 0 Å². The molecule has 7 nitrogen and oxygen atoms in total. The number of carbonyl (C=O) groups excluding carboxylic acids is 3. The van der Waals surface area contributed by atoms with Crippen LogP contribution in [-0.4, -0.2) is 54.8 Å². The second-order valence-corrected chi connectivity index (χ2v) is 9.19. The highest BCUT2D eigenvalue weighted by molar-refractivity contribution is 5.81. The summed E-state index contributed by atoms with van der Waals surface area (Å²) < 4.78 is 0. The zero-order valence-electron chi connectivity index (χ0n) is 21.2. The minimum Gasteiger partial charge on any atom is -0.356 e. The first-order valence-corrected chi connectivity index (χ1v) is 12.9. The molecule has 0 aliphatic heterocycles. The van der Waals surface area contributed by atoms with E-state index in [1.54, 1.807) is 6.92 Å². The van der Waals surface area contributed by atoms with Gasteiger partial charge >= 0.3 is 0 Å². The van der Waals surface area contributed by atoms with Gasteiger partial charge in [0.25, 0.3) is 0 Å². The number of nitrogens with zero attached hydrogens (tertiary/aromatic N) is 1. The Hall–Kier alpha value is -1.63. The predicted molar refractivity (Wildman–Crippen MR) is 132 cm³/mol. The molecule has 0 saturated heterocycles. The van der Waals surface area contributed by atoms with Crippen molar-refractivity contribution in [3.8, 4) is 0 Å². The molecule has 0 saturated carbocycles. The minimum absolute atomic E-state index is 0.0343. The second-order valence-electron chi connectivity index (χ2n) is 9.19. The Morgan fingerprint density at radius 1 is 0.719 bits per heavy atom. The third-order valence-electron chi connectivity index (χ3n) is 5.59. The summed E-state index contributed by atoms with van der Waals surface area (Å²) in [5, 5.41) is 5.70. The lowest BCUT2D eigenvalue weighted by Gasteiger charge is -2.23. The highest BCUT2D eigenvalue weighted by Crippen LogP contribution is 2.11. The Morgan fingerprint density at radius 3 is 1.66 bits per heavy atom. The summed E-state index contributed by atoms with van der Waals surface area (Å²) >= 11 is 0. The zero-order valence-corrected chi connectivity index (χ0v) is 21.2. The van der Waals surface area contributed by atoms with E-state index in [1.807, 2.05) is 18.7 Å². The Balaban J connectivity index is 4.25. The molecule has 4 N–H and O–H groups in total. The summed E-state index contributed by atoms with van der Waals surface area (Å²) in [6.07, 6.45) is 13.1. The van der Waals surface area contributed by atoms with Crippen molar-refractivity contribution < 1.29 is 14.4 Å². The molecule has 32 heavy (non-hydrogen) atoms. The number of nitrogens with two attached hydrogens (primary N) is 1. The number of nitrogens with one attached hydrogen (secondary N) is 2. The first-order chi connectivity index (χ1) is 15.3. The van der Waals surface area contributed by atoms with Crippen molar-refractivity contribution in [3.05, 3.63) is 0 Å². The van der Waals surface area contributed by atoms with Gasteiger partial charge in [0, 0.05) is 38.5 Å². The molecule has 0 aromatic heterocycles. The van der Waals surface area contributed by atoms with Gasteiger partial charge in [-0.2, -0.15) is 0 Å².